The fourth-order valence-electron chi connectivity index (χ4n) is 2.27. The van der Waals surface area contributed by atoms with Gasteiger partial charge in [0.25, 0.3) is 5.91 Å². The highest BCUT2D eigenvalue weighted by molar-refractivity contribution is 5.90. The number of ether oxygens (including phenoxy) is 1. The van der Waals surface area contributed by atoms with Gasteiger partial charge in [-0.2, -0.15) is 13.2 Å². The molecule has 10 heteroatoms. The van der Waals surface area contributed by atoms with Gasteiger partial charge < -0.3 is 10.5 Å². The largest absolute Gasteiger partial charge is 0.482 e. The number of rotatable bonds is 5. The van der Waals surface area contributed by atoms with Crippen LogP contribution >= 0.6 is 0 Å². The average Bonchev–Trinajstić information content (AvgIpc) is 3.06. The number of hydrogen-bond donors (Lipinski definition) is 1. The summed E-state index contributed by atoms with van der Waals surface area (Å²) in [6.07, 6.45) is -4.54. The predicted octanol–water partition coefficient (Wildman–Crippen LogP) is 3.11. The van der Waals surface area contributed by atoms with E-state index in [1.165, 1.54) is 48.5 Å². The summed E-state index contributed by atoms with van der Waals surface area (Å²) in [7, 11) is 0. The van der Waals surface area contributed by atoms with E-state index in [1.807, 2.05) is 0 Å². The van der Waals surface area contributed by atoms with Crippen LogP contribution in [0, 0.1) is 5.82 Å². The number of para-hydroxylation sites is 2. The Bertz CT molecular complexity index is 968. The molecule has 0 unspecified atom stereocenters. The highest BCUT2D eigenvalue weighted by Gasteiger charge is 2.29. The molecule has 140 valence electrons. The van der Waals surface area contributed by atoms with Gasteiger partial charge >= 0.3 is 6.18 Å². The molecular weight excluding hydrogens is 368 g/mol. The Hall–Kier alpha value is -3.43. The standard InChI is InChI=1S/C17H12F4N4O2/c18-11-7-5-10(6-8-11)15-23-16(14(22)26)25(24-15)12-3-1-2-4-13(12)27-9-17(19,20)21/h1-8H,9H2,(H2,22,26). The molecule has 0 spiro atoms. The van der Waals surface area contributed by atoms with Gasteiger partial charge in [0.15, 0.2) is 12.4 Å². The number of nitrogens with two attached hydrogens (primary N) is 1. The van der Waals surface area contributed by atoms with Gasteiger partial charge in [-0.05, 0) is 36.4 Å². The molecule has 1 heterocycles. The first-order chi connectivity index (χ1) is 12.7. The zero-order chi connectivity index (χ0) is 19.6. The van der Waals surface area contributed by atoms with Gasteiger partial charge in [0.2, 0.25) is 5.82 Å². The van der Waals surface area contributed by atoms with Crippen LogP contribution < -0.4 is 10.5 Å². The quantitative estimate of drug-likeness (QED) is 0.690. The molecule has 1 aromatic heterocycles. The van der Waals surface area contributed by atoms with E-state index in [2.05, 4.69) is 10.1 Å². The van der Waals surface area contributed by atoms with Crippen LogP contribution in [0.15, 0.2) is 48.5 Å². The maximum Gasteiger partial charge on any atom is 0.422 e. The van der Waals surface area contributed by atoms with Gasteiger partial charge in [0.05, 0.1) is 0 Å². The molecule has 1 amide bonds. The predicted molar refractivity (Wildman–Crippen MR) is 86.8 cm³/mol. The third-order valence-electron chi connectivity index (χ3n) is 3.41. The van der Waals surface area contributed by atoms with Crippen LogP contribution in [0.2, 0.25) is 0 Å². The fraction of sp³-hybridized carbons (Fsp3) is 0.118. The van der Waals surface area contributed by atoms with Crippen molar-refractivity contribution in [2.45, 2.75) is 6.18 Å². The Morgan fingerprint density at radius 3 is 2.41 bits per heavy atom. The number of benzene rings is 2. The first kappa shape index (κ1) is 18.4. The third-order valence-corrected chi connectivity index (χ3v) is 3.41. The van der Waals surface area contributed by atoms with Gasteiger partial charge in [0.1, 0.15) is 17.3 Å². The molecule has 0 aliphatic heterocycles. The number of halogens is 4. The summed E-state index contributed by atoms with van der Waals surface area (Å²) in [4.78, 5) is 15.8. The Morgan fingerprint density at radius 1 is 1.11 bits per heavy atom. The normalized spacial score (nSPS) is 11.4. The van der Waals surface area contributed by atoms with Crippen LogP contribution in [0.4, 0.5) is 17.6 Å². The molecule has 0 atom stereocenters. The van der Waals surface area contributed by atoms with Gasteiger partial charge in [-0.15, -0.1) is 5.10 Å². The second-order valence-corrected chi connectivity index (χ2v) is 5.41. The summed E-state index contributed by atoms with van der Waals surface area (Å²) in [6, 6.07) is 10.8. The Morgan fingerprint density at radius 2 is 1.78 bits per heavy atom. The molecule has 27 heavy (non-hydrogen) atoms. The lowest BCUT2D eigenvalue weighted by atomic mass is 10.2. The van der Waals surface area contributed by atoms with Crippen LogP contribution in [0.5, 0.6) is 5.75 Å². The second kappa shape index (κ2) is 7.06. The van der Waals surface area contributed by atoms with Crippen molar-refractivity contribution in [3.05, 3.63) is 60.2 Å². The van der Waals surface area contributed by atoms with E-state index in [9.17, 15) is 22.4 Å². The zero-order valence-corrected chi connectivity index (χ0v) is 13.6. The number of hydrogen-bond acceptors (Lipinski definition) is 4. The number of carbonyl (C=O) groups is 1. The van der Waals surface area contributed by atoms with Crippen LogP contribution in [-0.4, -0.2) is 33.5 Å². The number of aromatic nitrogens is 3. The van der Waals surface area contributed by atoms with E-state index in [-0.39, 0.29) is 23.1 Å². The fourth-order valence-corrected chi connectivity index (χ4v) is 2.27. The van der Waals surface area contributed by atoms with Crippen LogP contribution in [0.25, 0.3) is 17.1 Å². The van der Waals surface area contributed by atoms with E-state index in [0.717, 1.165) is 4.68 Å². The summed E-state index contributed by atoms with van der Waals surface area (Å²) >= 11 is 0. The third kappa shape index (κ3) is 4.22. The number of nitrogens with zero attached hydrogens (tertiary/aromatic N) is 3. The van der Waals surface area contributed by atoms with E-state index in [1.54, 1.807) is 0 Å². The molecule has 0 bridgehead atoms. The molecule has 3 rings (SSSR count). The zero-order valence-electron chi connectivity index (χ0n) is 13.6. The van der Waals surface area contributed by atoms with Crippen molar-refractivity contribution in [1.82, 2.24) is 14.8 Å². The highest BCUT2D eigenvalue weighted by Crippen LogP contribution is 2.27. The van der Waals surface area contributed by atoms with Crippen LogP contribution in [0.3, 0.4) is 0 Å². The van der Waals surface area contributed by atoms with E-state index < -0.39 is 24.5 Å². The smallest absolute Gasteiger partial charge is 0.422 e. The van der Waals surface area contributed by atoms with Crippen molar-refractivity contribution in [1.29, 1.82) is 0 Å². The number of amides is 1. The molecule has 6 nitrogen and oxygen atoms in total. The van der Waals surface area contributed by atoms with Crippen LogP contribution in [-0.2, 0) is 0 Å². The molecule has 0 fully saturated rings. The molecule has 0 saturated heterocycles. The Labute approximate surface area is 150 Å². The molecule has 0 saturated carbocycles. The minimum absolute atomic E-state index is 0.0504. The Balaban J connectivity index is 2.06. The number of primary amides is 1. The lowest BCUT2D eigenvalue weighted by Gasteiger charge is -2.13. The summed E-state index contributed by atoms with van der Waals surface area (Å²) < 4.78 is 56.3. The van der Waals surface area contributed by atoms with Crippen molar-refractivity contribution in [3.63, 3.8) is 0 Å². The van der Waals surface area contributed by atoms with E-state index in [4.69, 9.17) is 10.5 Å². The molecule has 0 aliphatic rings. The summed E-state index contributed by atoms with van der Waals surface area (Å²) in [5, 5.41) is 4.13. The molecule has 3 aromatic rings. The van der Waals surface area contributed by atoms with E-state index in [0.29, 0.717) is 5.56 Å². The second-order valence-electron chi connectivity index (χ2n) is 5.41. The monoisotopic (exact) mass is 380 g/mol. The van der Waals surface area contributed by atoms with Crippen molar-refractivity contribution in [3.8, 4) is 22.8 Å². The first-order valence-electron chi connectivity index (χ1n) is 7.56. The van der Waals surface area contributed by atoms with Crippen molar-refractivity contribution in [2.24, 2.45) is 5.73 Å². The lowest BCUT2D eigenvalue weighted by molar-refractivity contribution is -0.153. The molecular formula is C17H12F4N4O2. The number of carbonyl (C=O) groups excluding carboxylic acids is 1. The molecule has 0 radical (unpaired) electrons. The summed E-state index contributed by atoms with van der Waals surface area (Å²) in [5.41, 5.74) is 5.76. The molecule has 0 aliphatic carbocycles. The van der Waals surface area contributed by atoms with Crippen molar-refractivity contribution < 1.29 is 27.1 Å². The first-order valence-corrected chi connectivity index (χ1v) is 7.56. The van der Waals surface area contributed by atoms with Gasteiger partial charge in [-0.25, -0.2) is 14.1 Å². The van der Waals surface area contributed by atoms with Crippen LogP contribution in [0.1, 0.15) is 10.6 Å². The Kier molecular flexibility index (Phi) is 4.80. The summed E-state index contributed by atoms with van der Waals surface area (Å²) in [6.45, 7) is -1.52. The summed E-state index contributed by atoms with van der Waals surface area (Å²) in [5.74, 6) is -1.83. The minimum atomic E-state index is -4.54. The van der Waals surface area contributed by atoms with Crippen molar-refractivity contribution >= 4 is 5.91 Å². The maximum atomic E-state index is 13.1. The number of alkyl halides is 3. The molecule has 2 aromatic carbocycles. The SMILES string of the molecule is NC(=O)c1nc(-c2ccc(F)cc2)nn1-c1ccccc1OCC(F)(F)F. The topological polar surface area (TPSA) is 83.0 Å². The average molecular weight is 380 g/mol. The highest BCUT2D eigenvalue weighted by atomic mass is 19.4. The van der Waals surface area contributed by atoms with Gasteiger partial charge in [-0.3, -0.25) is 4.79 Å². The van der Waals surface area contributed by atoms with Gasteiger partial charge in [-0.1, -0.05) is 12.1 Å². The molecule has 2 N–H and O–H groups in total. The maximum absolute atomic E-state index is 13.1. The van der Waals surface area contributed by atoms with E-state index >= 15 is 0 Å². The minimum Gasteiger partial charge on any atom is -0.482 e. The van der Waals surface area contributed by atoms with Gasteiger partial charge in [0, 0.05) is 5.56 Å². The van der Waals surface area contributed by atoms with Crippen molar-refractivity contribution in [2.75, 3.05) is 6.61 Å². The lowest BCUT2D eigenvalue weighted by Crippen LogP contribution is -2.21.